The molecule has 2 heterocycles. The fourth-order valence-corrected chi connectivity index (χ4v) is 6.81. The predicted octanol–water partition coefficient (Wildman–Crippen LogP) is 6.26. The van der Waals surface area contributed by atoms with Crippen LogP contribution in [-0.2, 0) is 11.3 Å². The molecule has 1 aliphatic heterocycles. The number of hydrogen-bond donors (Lipinski definition) is 3. The zero-order valence-electron chi connectivity index (χ0n) is 27.0. The van der Waals surface area contributed by atoms with Gasteiger partial charge in [-0.2, -0.15) is 13.2 Å². The number of hydrogen-bond acceptors (Lipinski definition) is 6. The summed E-state index contributed by atoms with van der Waals surface area (Å²) in [7, 11) is 4.84. The summed E-state index contributed by atoms with van der Waals surface area (Å²) < 4.78 is 53.4. The van der Waals surface area contributed by atoms with Crippen LogP contribution in [0.15, 0.2) is 42.5 Å². The number of amides is 1. The van der Waals surface area contributed by atoms with Crippen LogP contribution in [0.1, 0.15) is 61.5 Å². The minimum Gasteiger partial charge on any atom is -0.495 e. The van der Waals surface area contributed by atoms with Gasteiger partial charge in [0.25, 0.3) is 5.91 Å². The highest BCUT2D eigenvalue weighted by atomic mass is 19.4. The van der Waals surface area contributed by atoms with Crippen LogP contribution < -0.4 is 20.7 Å². The Kier molecular flexibility index (Phi) is 10.4. The van der Waals surface area contributed by atoms with E-state index in [0.29, 0.717) is 34.3 Å². The van der Waals surface area contributed by atoms with Gasteiger partial charge in [-0.3, -0.25) is 9.69 Å². The maximum Gasteiger partial charge on any atom is 0.406 e. The van der Waals surface area contributed by atoms with Gasteiger partial charge in [-0.05, 0) is 87.8 Å². The maximum absolute atomic E-state index is 13.7. The van der Waals surface area contributed by atoms with Crippen molar-refractivity contribution in [3.05, 3.63) is 53.7 Å². The van der Waals surface area contributed by atoms with Crippen molar-refractivity contribution in [2.75, 3.05) is 51.5 Å². The molecule has 5 rings (SSSR count). The number of rotatable bonds is 9. The van der Waals surface area contributed by atoms with Crippen molar-refractivity contribution in [3.8, 4) is 17.6 Å². The number of halogens is 3. The number of fused-ring (bicyclic) bond motifs is 1. The third-order valence-corrected chi connectivity index (χ3v) is 9.52. The summed E-state index contributed by atoms with van der Waals surface area (Å²) in [6.45, 7) is 3.50. The van der Waals surface area contributed by atoms with Crippen LogP contribution in [0.25, 0.3) is 10.9 Å². The Morgan fingerprint density at radius 2 is 1.78 bits per heavy atom. The number of methoxy groups -OCH3 is 2. The molecule has 1 amide bonds. The van der Waals surface area contributed by atoms with E-state index in [0.717, 1.165) is 62.7 Å². The lowest BCUT2D eigenvalue weighted by Gasteiger charge is -2.48. The van der Waals surface area contributed by atoms with Gasteiger partial charge in [-0.1, -0.05) is 12.0 Å². The number of likely N-dealkylation sites (tertiary alicyclic amines) is 1. The second kappa shape index (κ2) is 14.3. The van der Waals surface area contributed by atoms with E-state index in [9.17, 15) is 18.0 Å². The van der Waals surface area contributed by atoms with Gasteiger partial charge < -0.3 is 30.0 Å². The third-order valence-electron chi connectivity index (χ3n) is 9.52. The molecule has 46 heavy (non-hydrogen) atoms. The van der Waals surface area contributed by atoms with Crippen LogP contribution in [0.2, 0.25) is 0 Å². The zero-order chi connectivity index (χ0) is 32.9. The minimum atomic E-state index is -4.41. The maximum atomic E-state index is 13.7. The summed E-state index contributed by atoms with van der Waals surface area (Å²) in [5, 5.41) is 10.1. The number of alkyl halides is 3. The van der Waals surface area contributed by atoms with Crippen molar-refractivity contribution >= 4 is 28.2 Å². The summed E-state index contributed by atoms with van der Waals surface area (Å²) in [6, 6.07) is 12.4. The summed E-state index contributed by atoms with van der Waals surface area (Å²) in [5.41, 5.74) is 2.84. The molecule has 3 N–H and O–H groups in total. The van der Waals surface area contributed by atoms with Crippen molar-refractivity contribution in [2.24, 2.45) is 0 Å². The first-order chi connectivity index (χ1) is 22.0. The Morgan fingerprint density at radius 3 is 2.43 bits per heavy atom. The number of nitrogens with one attached hydrogen (secondary N) is 3. The van der Waals surface area contributed by atoms with Crippen LogP contribution in [0, 0.1) is 11.8 Å². The molecule has 3 aromatic rings. The van der Waals surface area contributed by atoms with E-state index in [2.05, 4.69) is 39.6 Å². The minimum absolute atomic E-state index is 0.159. The first kappa shape index (κ1) is 33.5. The van der Waals surface area contributed by atoms with E-state index < -0.39 is 12.7 Å². The van der Waals surface area contributed by atoms with E-state index in [1.165, 1.54) is 11.7 Å². The summed E-state index contributed by atoms with van der Waals surface area (Å²) in [4.78, 5) is 14.6. The van der Waals surface area contributed by atoms with Gasteiger partial charge in [-0.15, -0.1) is 0 Å². The number of ether oxygens (including phenoxy) is 2. The second-order valence-corrected chi connectivity index (χ2v) is 12.5. The summed E-state index contributed by atoms with van der Waals surface area (Å²) >= 11 is 0. The molecular weight excluding hydrogens is 595 g/mol. The Bertz CT molecular complexity index is 1580. The Balaban J connectivity index is 1.30. The van der Waals surface area contributed by atoms with Gasteiger partial charge in [0.2, 0.25) is 0 Å². The highest BCUT2D eigenvalue weighted by Crippen LogP contribution is 2.38. The normalized spacial score (nSPS) is 21.0. The number of nitrogens with zero attached hydrogens (tertiary/aromatic N) is 2. The van der Waals surface area contributed by atoms with Gasteiger partial charge in [0.1, 0.15) is 12.3 Å². The molecular formula is C35H44F3N5O3. The van der Waals surface area contributed by atoms with Crippen molar-refractivity contribution in [1.82, 2.24) is 14.8 Å². The van der Waals surface area contributed by atoms with Crippen molar-refractivity contribution in [1.29, 1.82) is 0 Å². The highest BCUT2D eigenvalue weighted by Gasteiger charge is 2.38. The molecule has 2 aliphatic rings. The smallest absolute Gasteiger partial charge is 0.406 e. The molecule has 2 aromatic carbocycles. The number of carbonyl (C=O) groups is 1. The molecule has 0 spiro atoms. The van der Waals surface area contributed by atoms with Crippen molar-refractivity contribution in [2.45, 2.75) is 75.9 Å². The van der Waals surface area contributed by atoms with Crippen molar-refractivity contribution in [3.63, 3.8) is 0 Å². The first-order valence-electron chi connectivity index (χ1n) is 15.9. The number of benzene rings is 2. The molecule has 1 saturated carbocycles. The Morgan fingerprint density at radius 1 is 1.04 bits per heavy atom. The van der Waals surface area contributed by atoms with E-state index in [1.54, 1.807) is 50.6 Å². The monoisotopic (exact) mass is 639 g/mol. The van der Waals surface area contributed by atoms with Crippen molar-refractivity contribution < 1.29 is 27.4 Å². The highest BCUT2D eigenvalue weighted by molar-refractivity contribution is 5.95. The number of aromatic nitrogens is 1. The standard InChI is InChI=1S/C35H44F3N5O3/c1-34(42-19-14-27(45-3)15-20-42)16-12-25(13-17-34)41-29-8-5-9-31-28(29)22-26(43(31)23-35(36,37)38)7-6-18-40-30-11-10-24(33(44)39-2)21-32(30)46-4/h5,8-11,21-22,25,27,40-41H,12-20,23H2,1-4H3,(H,39,44). The van der Waals surface area contributed by atoms with E-state index in [-0.39, 0.29) is 24.0 Å². The van der Waals surface area contributed by atoms with Gasteiger partial charge in [-0.25, -0.2) is 0 Å². The van der Waals surface area contributed by atoms with Gasteiger partial charge >= 0.3 is 6.18 Å². The Labute approximate surface area is 269 Å². The quantitative estimate of drug-likeness (QED) is 0.240. The molecule has 11 heteroatoms. The molecule has 8 nitrogen and oxygen atoms in total. The molecule has 1 aliphatic carbocycles. The molecule has 1 aromatic heterocycles. The lowest BCUT2D eigenvalue weighted by atomic mass is 9.78. The molecule has 0 radical (unpaired) electrons. The average Bonchev–Trinajstić information content (AvgIpc) is 3.40. The molecule has 248 valence electrons. The topological polar surface area (TPSA) is 79.8 Å². The summed E-state index contributed by atoms with van der Waals surface area (Å²) in [5.74, 6) is 6.15. The molecule has 0 bridgehead atoms. The van der Waals surface area contributed by atoms with Crippen LogP contribution in [-0.4, -0.2) is 80.1 Å². The lowest BCUT2D eigenvalue weighted by molar-refractivity contribution is -0.140. The van der Waals surface area contributed by atoms with Gasteiger partial charge in [0.05, 0.1) is 36.7 Å². The molecule has 0 atom stereocenters. The van der Waals surface area contributed by atoms with Crippen LogP contribution in [0.5, 0.6) is 5.75 Å². The van der Waals surface area contributed by atoms with E-state index in [1.807, 2.05) is 6.07 Å². The molecule has 1 saturated heterocycles. The largest absolute Gasteiger partial charge is 0.495 e. The van der Waals surface area contributed by atoms with E-state index in [4.69, 9.17) is 9.47 Å². The van der Waals surface area contributed by atoms with E-state index >= 15 is 0 Å². The lowest BCUT2D eigenvalue weighted by Crippen LogP contribution is -2.53. The van der Waals surface area contributed by atoms with Gasteiger partial charge in [0.15, 0.2) is 0 Å². The number of piperidine rings is 1. The summed E-state index contributed by atoms with van der Waals surface area (Å²) in [6.07, 6.45) is 2.19. The third kappa shape index (κ3) is 7.73. The van der Waals surface area contributed by atoms with Crippen LogP contribution in [0.4, 0.5) is 24.5 Å². The fourth-order valence-electron chi connectivity index (χ4n) is 6.81. The molecule has 2 fully saturated rings. The number of anilines is 2. The second-order valence-electron chi connectivity index (χ2n) is 12.5. The first-order valence-corrected chi connectivity index (χ1v) is 15.9. The Hall–Kier alpha value is -3.88. The van der Waals surface area contributed by atoms with Gasteiger partial charge in [0, 0.05) is 55.5 Å². The number of carbonyl (C=O) groups excluding carboxylic acids is 1. The fraction of sp³-hybridized carbons (Fsp3) is 0.514. The average molecular weight is 640 g/mol. The van der Waals surface area contributed by atoms with Crippen LogP contribution >= 0.6 is 0 Å². The predicted molar refractivity (Wildman–Crippen MR) is 176 cm³/mol. The SMILES string of the molecule is CNC(=O)c1ccc(NCC#Cc2cc3c(NC4CCC(C)(N5CCC(OC)CC5)CC4)cccc3n2CC(F)(F)F)c(OC)c1. The molecule has 0 unspecified atom stereocenters. The zero-order valence-corrected chi connectivity index (χ0v) is 27.0. The van der Waals surface area contributed by atoms with Crippen LogP contribution in [0.3, 0.4) is 0 Å².